The second-order valence-corrected chi connectivity index (χ2v) is 9.87. The first-order valence-corrected chi connectivity index (χ1v) is 12.8. The van der Waals surface area contributed by atoms with Crippen LogP contribution in [-0.2, 0) is 0 Å². The largest absolute Gasteiger partial charge is 0.493 e. The quantitative estimate of drug-likeness (QED) is 0.416. The second-order valence-electron chi connectivity index (χ2n) is 9.87. The maximum Gasteiger partial charge on any atom is 0.254 e. The van der Waals surface area contributed by atoms with Gasteiger partial charge in [0.1, 0.15) is 11.6 Å². The normalized spacial score (nSPS) is 18.4. The number of ether oxygens (including phenoxy) is 3. The van der Waals surface area contributed by atoms with Gasteiger partial charge >= 0.3 is 0 Å². The van der Waals surface area contributed by atoms with E-state index in [1.165, 1.54) is 52.7 Å². The van der Waals surface area contributed by atoms with Crippen LogP contribution in [0.1, 0.15) is 54.9 Å². The summed E-state index contributed by atoms with van der Waals surface area (Å²) in [6.45, 7) is 3.78. The van der Waals surface area contributed by atoms with Crippen molar-refractivity contribution in [3.8, 4) is 17.2 Å². The van der Waals surface area contributed by atoms with E-state index < -0.39 is 11.6 Å². The van der Waals surface area contributed by atoms with Crippen molar-refractivity contribution in [2.45, 2.75) is 51.1 Å². The van der Waals surface area contributed by atoms with E-state index in [0.29, 0.717) is 41.9 Å². The van der Waals surface area contributed by atoms with Gasteiger partial charge in [0, 0.05) is 42.4 Å². The lowest BCUT2D eigenvalue weighted by atomic mass is 9.91. The Hall–Kier alpha value is -3.13. The molecule has 4 rings (SSSR count). The Labute approximate surface area is 217 Å². The zero-order valence-corrected chi connectivity index (χ0v) is 22.1. The minimum atomic E-state index is -0.631. The summed E-state index contributed by atoms with van der Waals surface area (Å²) in [6, 6.07) is 7.70. The maximum absolute atomic E-state index is 14.3. The average molecular weight is 515 g/mol. The molecule has 1 amide bonds. The minimum Gasteiger partial charge on any atom is -0.493 e. The van der Waals surface area contributed by atoms with Crippen LogP contribution in [0.2, 0.25) is 0 Å². The molecule has 1 aliphatic heterocycles. The van der Waals surface area contributed by atoms with Crippen LogP contribution in [0.3, 0.4) is 0 Å². The molecule has 0 spiro atoms. The van der Waals surface area contributed by atoms with Gasteiger partial charge in [-0.15, -0.1) is 0 Å². The zero-order valence-electron chi connectivity index (χ0n) is 22.1. The molecule has 6 nitrogen and oxygen atoms in total. The van der Waals surface area contributed by atoms with E-state index in [-0.39, 0.29) is 17.5 Å². The van der Waals surface area contributed by atoms with Crippen molar-refractivity contribution < 1.29 is 27.8 Å². The highest BCUT2D eigenvalue weighted by molar-refractivity contribution is 5.96. The van der Waals surface area contributed by atoms with Crippen LogP contribution in [-0.4, -0.2) is 68.8 Å². The predicted molar refractivity (Wildman–Crippen MR) is 139 cm³/mol. The molecule has 0 bridgehead atoms. The highest BCUT2D eigenvalue weighted by Crippen LogP contribution is 2.39. The molecule has 1 atom stereocenters. The van der Waals surface area contributed by atoms with Gasteiger partial charge in [0.15, 0.2) is 11.5 Å². The Morgan fingerprint density at radius 2 is 1.73 bits per heavy atom. The summed E-state index contributed by atoms with van der Waals surface area (Å²) >= 11 is 0. The summed E-state index contributed by atoms with van der Waals surface area (Å²) in [7, 11) is 4.55. The lowest BCUT2D eigenvalue weighted by Crippen LogP contribution is -2.49. The minimum absolute atomic E-state index is 0.174. The summed E-state index contributed by atoms with van der Waals surface area (Å²) in [5.41, 5.74) is 1.50. The Kier molecular flexibility index (Phi) is 8.69. The number of carbonyl (C=O) groups is 1. The monoisotopic (exact) mass is 514 g/mol. The first-order chi connectivity index (χ1) is 17.8. The number of nitrogens with zero attached hydrogens (tertiary/aromatic N) is 2. The molecule has 200 valence electrons. The van der Waals surface area contributed by atoms with Gasteiger partial charge in [-0.3, -0.25) is 9.69 Å². The van der Waals surface area contributed by atoms with Crippen LogP contribution in [0.15, 0.2) is 35.9 Å². The molecule has 0 radical (unpaired) electrons. The number of methoxy groups -OCH3 is 3. The van der Waals surface area contributed by atoms with Crippen LogP contribution in [0.4, 0.5) is 8.78 Å². The third-order valence-corrected chi connectivity index (χ3v) is 7.40. The molecule has 1 aliphatic carbocycles. The number of amides is 1. The van der Waals surface area contributed by atoms with E-state index in [2.05, 4.69) is 4.90 Å². The molecular formula is C29H36F2N2O4. The zero-order chi connectivity index (χ0) is 26.5. The molecule has 0 N–H and O–H groups in total. The summed E-state index contributed by atoms with van der Waals surface area (Å²) < 4.78 is 44.0. The Balaban J connectivity index is 1.64. The van der Waals surface area contributed by atoms with E-state index in [0.717, 1.165) is 31.0 Å². The van der Waals surface area contributed by atoms with Crippen molar-refractivity contribution >= 4 is 12.0 Å². The molecule has 2 fully saturated rings. The Morgan fingerprint density at radius 1 is 1.03 bits per heavy atom. The fourth-order valence-electron chi connectivity index (χ4n) is 5.34. The van der Waals surface area contributed by atoms with Gasteiger partial charge in [-0.05, 0) is 63.4 Å². The SMILES string of the molecule is COc1cc(C(=O)N(CC(C)=Cc2ccc(F)cc2F)C[C@@H]2CCCN2C2CCC2)cc(OC)c1OC. The number of hydrogen-bond acceptors (Lipinski definition) is 5. The van der Waals surface area contributed by atoms with E-state index >= 15 is 0 Å². The second kappa shape index (κ2) is 11.9. The average Bonchev–Trinajstić information content (AvgIpc) is 3.30. The number of benzene rings is 2. The third-order valence-electron chi connectivity index (χ3n) is 7.40. The summed E-state index contributed by atoms with van der Waals surface area (Å²) in [5, 5.41) is 0. The highest BCUT2D eigenvalue weighted by Gasteiger charge is 2.35. The van der Waals surface area contributed by atoms with Gasteiger partial charge in [-0.2, -0.15) is 0 Å². The molecule has 2 aliphatic rings. The van der Waals surface area contributed by atoms with Gasteiger partial charge < -0.3 is 19.1 Å². The summed E-state index contributed by atoms with van der Waals surface area (Å²) in [6.07, 6.45) is 7.49. The van der Waals surface area contributed by atoms with E-state index in [1.54, 1.807) is 18.2 Å². The predicted octanol–water partition coefficient (Wildman–Crippen LogP) is 5.55. The van der Waals surface area contributed by atoms with Gasteiger partial charge in [0.2, 0.25) is 5.75 Å². The standard InChI is InChI=1S/C29H36F2N2O4/c1-19(13-20-10-11-22(30)16-25(20)31)17-32(18-24-9-6-12-33(24)23-7-5-8-23)29(34)21-14-26(35-2)28(37-4)27(15-21)36-3/h10-11,13-16,23-24H,5-9,12,17-18H2,1-4H3/t24-/m0/s1. The lowest BCUT2D eigenvalue weighted by Gasteiger charge is -2.40. The molecule has 1 saturated heterocycles. The van der Waals surface area contributed by atoms with Crippen molar-refractivity contribution in [3.63, 3.8) is 0 Å². The highest BCUT2D eigenvalue weighted by atomic mass is 19.1. The van der Waals surface area contributed by atoms with E-state index in [1.807, 2.05) is 11.8 Å². The van der Waals surface area contributed by atoms with E-state index in [4.69, 9.17) is 14.2 Å². The first-order valence-electron chi connectivity index (χ1n) is 12.8. The molecule has 0 aromatic heterocycles. The van der Waals surface area contributed by atoms with Crippen molar-refractivity contribution in [2.75, 3.05) is 41.0 Å². The summed E-state index contributed by atoms with van der Waals surface area (Å²) in [5.74, 6) is -0.196. The molecule has 37 heavy (non-hydrogen) atoms. The molecule has 2 aromatic rings. The van der Waals surface area contributed by atoms with Crippen LogP contribution >= 0.6 is 0 Å². The van der Waals surface area contributed by atoms with Gasteiger partial charge in [0.25, 0.3) is 5.91 Å². The third kappa shape index (κ3) is 6.06. The van der Waals surface area contributed by atoms with Crippen LogP contribution in [0, 0.1) is 11.6 Å². The molecular weight excluding hydrogens is 478 g/mol. The van der Waals surface area contributed by atoms with Crippen molar-refractivity contribution in [3.05, 3.63) is 58.7 Å². The molecule has 0 unspecified atom stereocenters. The van der Waals surface area contributed by atoms with Crippen LogP contribution < -0.4 is 14.2 Å². The number of halogens is 2. The first kappa shape index (κ1) is 26.9. The molecule has 1 saturated carbocycles. The molecule has 8 heteroatoms. The smallest absolute Gasteiger partial charge is 0.254 e. The molecule has 2 aromatic carbocycles. The van der Waals surface area contributed by atoms with Crippen molar-refractivity contribution in [1.82, 2.24) is 9.80 Å². The fourth-order valence-corrected chi connectivity index (χ4v) is 5.34. The van der Waals surface area contributed by atoms with Gasteiger partial charge in [0.05, 0.1) is 21.3 Å². The number of carbonyl (C=O) groups excluding carboxylic acids is 1. The van der Waals surface area contributed by atoms with Crippen molar-refractivity contribution in [2.24, 2.45) is 0 Å². The summed E-state index contributed by atoms with van der Waals surface area (Å²) in [4.78, 5) is 18.3. The fraction of sp³-hybridized carbons (Fsp3) is 0.483. The Bertz CT molecular complexity index is 1120. The van der Waals surface area contributed by atoms with Gasteiger partial charge in [-0.1, -0.05) is 18.1 Å². The van der Waals surface area contributed by atoms with Crippen LogP contribution in [0.5, 0.6) is 17.2 Å². The topological polar surface area (TPSA) is 51.2 Å². The molecule has 1 heterocycles. The Morgan fingerprint density at radius 3 is 2.30 bits per heavy atom. The number of hydrogen-bond donors (Lipinski definition) is 0. The van der Waals surface area contributed by atoms with E-state index in [9.17, 15) is 13.6 Å². The van der Waals surface area contributed by atoms with Crippen LogP contribution in [0.25, 0.3) is 6.08 Å². The van der Waals surface area contributed by atoms with Crippen molar-refractivity contribution in [1.29, 1.82) is 0 Å². The number of rotatable bonds is 10. The maximum atomic E-state index is 14.3. The number of likely N-dealkylation sites (tertiary alicyclic amines) is 1. The lowest BCUT2D eigenvalue weighted by molar-refractivity contribution is 0.0630. The van der Waals surface area contributed by atoms with Gasteiger partial charge in [-0.25, -0.2) is 8.78 Å².